The van der Waals surface area contributed by atoms with Gasteiger partial charge in [0, 0.05) is 50.4 Å². The molecule has 0 bridgehead atoms. The lowest BCUT2D eigenvalue weighted by atomic mass is 10.1. The van der Waals surface area contributed by atoms with Crippen LogP contribution in [0, 0.1) is 0 Å². The summed E-state index contributed by atoms with van der Waals surface area (Å²) in [6.07, 6.45) is 1.36. The highest BCUT2D eigenvalue weighted by molar-refractivity contribution is 6.32. The predicted octanol–water partition coefficient (Wildman–Crippen LogP) is 3.53. The second-order valence-electron chi connectivity index (χ2n) is 7.61. The second kappa shape index (κ2) is 9.83. The molecular weight excluding hydrogens is 419 g/mol. The van der Waals surface area contributed by atoms with Crippen LogP contribution in [0.5, 0.6) is 0 Å². The molecule has 0 spiro atoms. The standard InChI is InChI=1S/C21H25ClF3N3O2/c22-18-6-5-17(21(23,24)25)14-16(18)4-7-19(29)28-12-10-26(11-13-28)15-20(30)27-8-2-1-3-9-27/h4-7,14H,1-3,8-13,15H2/b7-4+. The van der Waals surface area contributed by atoms with Gasteiger partial charge in [-0.15, -0.1) is 0 Å². The van der Waals surface area contributed by atoms with Gasteiger partial charge in [0.1, 0.15) is 0 Å². The van der Waals surface area contributed by atoms with Crippen molar-refractivity contribution in [3.05, 3.63) is 40.4 Å². The van der Waals surface area contributed by atoms with Crippen LogP contribution in [0.4, 0.5) is 13.2 Å². The molecule has 2 fully saturated rings. The van der Waals surface area contributed by atoms with Crippen LogP contribution in [-0.4, -0.2) is 72.3 Å². The largest absolute Gasteiger partial charge is 0.416 e. The Morgan fingerprint density at radius 3 is 2.27 bits per heavy atom. The highest BCUT2D eigenvalue weighted by Gasteiger charge is 2.30. The summed E-state index contributed by atoms with van der Waals surface area (Å²) < 4.78 is 38.6. The quantitative estimate of drug-likeness (QED) is 0.669. The molecule has 0 N–H and O–H groups in total. The topological polar surface area (TPSA) is 43.9 Å². The van der Waals surface area contributed by atoms with E-state index >= 15 is 0 Å². The number of piperazine rings is 1. The maximum atomic E-state index is 12.9. The summed E-state index contributed by atoms with van der Waals surface area (Å²) in [7, 11) is 0. The molecule has 30 heavy (non-hydrogen) atoms. The average molecular weight is 444 g/mol. The van der Waals surface area contributed by atoms with Gasteiger partial charge in [0.2, 0.25) is 11.8 Å². The fourth-order valence-corrected chi connectivity index (χ4v) is 3.86. The SMILES string of the molecule is O=C(/C=C/c1cc(C(F)(F)F)ccc1Cl)N1CCN(CC(=O)N2CCCCC2)CC1. The normalized spacial score (nSPS) is 18.8. The average Bonchev–Trinajstić information content (AvgIpc) is 2.73. The Morgan fingerprint density at radius 1 is 0.967 bits per heavy atom. The van der Waals surface area contributed by atoms with E-state index in [-0.39, 0.29) is 22.4 Å². The highest BCUT2D eigenvalue weighted by atomic mass is 35.5. The Labute approximate surface area is 179 Å². The van der Waals surface area contributed by atoms with Crippen molar-refractivity contribution in [2.24, 2.45) is 0 Å². The lowest BCUT2D eigenvalue weighted by molar-refractivity contribution is -0.137. The highest BCUT2D eigenvalue weighted by Crippen LogP contribution is 2.32. The van der Waals surface area contributed by atoms with Crippen molar-refractivity contribution in [3.8, 4) is 0 Å². The number of amides is 2. The minimum Gasteiger partial charge on any atom is -0.342 e. The molecular formula is C21H25ClF3N3O2. The number of nitrogens with zero attached hydrogens (tertiary/aromatic N) is 3. The molecule has 0 radical (unpaired) electrons. The summed E-state index contributed by atoms with van der Waals surface area (Å²) >= 11 is 5.96. The van der Waals surface area contributed by atoms with E-state index < -0.39 is 11.7 Å². The third-order valence-corrected chi connectivity index (χ3v) is 5.82. The van der Waals surface area contributed by atoms with Crippen LogP contribution in [0.2, 0.25) is 5.02 Å². The van der Waals surface area contributed by atoms with E-state index in [1.165, 1.54) is 24.6 Å². The molecule has 2 heterocycles. The summed E-state index contributed by atoms with van der Waals surface area (Å²) in [5.74, 6) is -0.154. The van der Waals surface area contributed by atoms with Gasteiger partial charge in [-0.05, 0) is 49.1 Å². The van der Waals surface area contributed by atoms with Crippen LogP contribution < -0.4 is 0 Å². The van der Waals surface area contributed by atoms with E-state index in [4.69, 9.17) is 11.6 Å². The van der Waals surface area contributed by atoms with Crippen LogP contribution in [0.15, 0.2) is 24.3 Å². The number of piperidine rings is 1. The maximum Gasteiger partial charge on any atom is 0.416 e. The number of alkyl halides is 3. The summed E-state index contributed by atoms with van der Waals surface area (Å²) in [6, 6.07) is 3.01. The first-order valence-electron chi connectivity index (χ1n) is 10.1. The molecule has 9 heteroatoms. The summed E-state index contributed by atoms with van der Waals surface area (Å²) in [5.41, 5.74) is -0.670. The molecule has 0 aromatic heterocycles. The van der Waals surface area contributed by atoms with Gasteiger partial charge >= 0.3 is 6.18 Å². The van der Waals surface area contributed by atoms with Crippen molar-refractivity contribution in [2.45, 2.75) is 25.4 Å². The summed E-state index contributed by atoms with van der Waals surface area (Å²) in [4.78, 5) is 30.4. The number of carbonyl (C=O) groups is 2. The van der Waals surface area contributed by atoms with Crippen molar-refractivity contribution in [1.29, 1.82) is 0 Å². The van der Waals surface area contributed by atoms with Crippen molar-refractivity contribution in [2.75, 3.05) is 45.8 Å². The smallest absolute Gasteiger partial charge is 0.342 e. The number of rotatable bonds is 4. The minimum atomic E-state index is -4.47. The molecule has 2 saturated heterocycles. The number of hydrogen-bond donors (Lipinski definition) is 0. The zero-order valence-corrected chi connectivity index (χ0v) is 17.4. The zero-order valence-electron chi connectivity index (χ0n) is 16.6. The van der Waals surface area contributed by atoms with E-state index in [0.717, 1.165) is 38.1 Å². The van der Waals surface area contributed by atoms with Gasteiger partial charge in [0.15, 0.2) is 0 Å². The number of carbonyl (C=O) groups excluding carboxylic acids is 2. The number of hydrogen-bond acceptors (Lipinski definition) is 3. The molecule has 3 rings (SSSR count). The Kier molecular flexibility index (Phi) is 7.41. The Morgan fingerprint density at radius 2 is 1.63 bits per heavy atom. The third-order valence-electron chi connectivity index (χ3n) is 5.48. The predicted molar refractivity (Wildman–Crippen MR) is 109 cm³/mol. The molecule has 2 aliphatic heterocycles. The van der Waals surface area contributed by atoms with Crippen molar-refractivity contribution in [1.82, 2.24) is 14.7 Å². The van der Waals surface area contributed by atoms with Gasteiger partial charge in [0.05, 0.1) is 12.1 Å². The van der Waals surface area contributed by atoms with Crippen molar-refractivity contribution < 1.29 is 22.8 Å². The van der Waals surface area contributed by atoms with Crippen molar-refractivity contribution in [3.63, 3.8) is 0 Å². The monoisotopic (exact) mass is 443 g/mol. The summed E-state index contributed by atoms with van der Waals surface area (Å²) in [6.45, 7) is 4.10. The zero-order chi connectivity index (χ0) is 21.7. The minimum absolute atomic E-state index is 0.133. The molecule has 2 amide bonds. The maximum absolute atomic E-state index is 12.9. The number of likely N-dealkylation sites (tertiary alicyclic amines) is 1. The van der Waals surface area contributed by atoms with Gasteiger partial charge in [-0.3, -0.25) is 14.5 Å². The Balaban J connectivity index is 1.51. The van der Waals surface area contributed by atoms with Crippen LogP contribution in [-0.2, 0) is 15.8 Å². The number of halogens is 4. The van der Waals surface area contributed by atoms with Crippen LogP contribution in [0.3, 0.4) is 0 Å². The molecule has 1 aromatic carbocycles. The molecule has 0 atom stereocenters. The first-order valence-corrected chi connectivity index (χ1v) is 10.5. The van der Waals surface area contributed by atoms with Gasteiger partial charge in [-0.1, -0.05) is 11.6 Å². The van der Waals surface area contributed by atoms with Crippen LogP contribution in [0.1, 0.15) is 30.4 Å². The van der Waals surface area contributed by atoms with E-state index in [9.17, 15) is 22.8 Å². The van der Waals surface area contributed by atoms with E-state index in [2.05, 4.69) is 0 Å². The van der Waals surface area contributed by atoms with Crippen LogP contribution in [0.25, 0.3) is 6.08 Å². The molecule has 1 aromatic rings. The van der Waals surface area contributed by atoms with E-state index in [0.29, 0.717) is 32.7 Å². The third kappa shape index (κ3) is 5.98. The Bertz CT molecular complexity index is 799. The van der Waals surface area contributed by atoms with Crippen LogP contribution >= 0.6 is 11.6 Å². The van der Waals surface area contributed by atoms with Gasteiger partial charge in [-0.2, -0.15) is 13.2 Å². The molecule has 0 aliphatic carbocycles. The number of benzene rings is 1. The fourth-order valence-electron chi connectivity index (χ4n) is 3.68. The first kappa shape index (κ1) is 22.6. The lowest BCUT2D eigenvalue weighted by Crippen LogP contribution is -2.51. The fraction of sp³-hybridized carbons (Fsp3) is 0.524. The lowest BCUT2D eigenvalue weighted by Gasteiger charge is -2.35. The molecule has 2 aliphatic rings. The molecule has 0 saturated carbocycles. The van der Waals surface area contributed by atoms with Gasteiger partial charge in [0.25, 0.3) is 0 Å². The molecule has 5 nitrogen and oxygen atoms in total. The second-order valence-corrected chi connectivity index (χ2v) is 8.02. The van der Waals surface area contributed by atoms with Gasteiger partial charge in [-0.25, -0.2) is 0 Å². The van der Waals surface area contributed by atoms with Crippen molar-refractivity contribution >= 4 is 29.5 Å². The Hall–Kier alpha value is -2.06. The van der Waals surface area contributed by atoms with Gasteiger partial charge < -0.3 is 9.80 Å². The summed E-state index contributed by atoms with van der Waals surface area (Å²) in [5, 5.41) is 0.146. The molecule has 0 unspecified atom stereocenters. The van der Waals surface area contributed by atoms with E-state index in [1.54, 1.807) is 4.90 Å². The van der Waals surface area contributed by atoms with E-state index in [1.807, 2.05) is 9.80 Å². The molecule has 164 valence electrons. The first-order chi connectivity index (χ1) is 14.2.